The molecule has 5 rings (SSSR count). The van der Waals surface area contributed by atoms with Gasteiger partial charge in [0, 0.05) is 35.6 Å². The molecule has 3 aromatic heterocycles. The number of aromatic nitrogens is 3. The minimum absolute atomic E-state index is 0.190. The molecule has 2 amide bonds. The molecule has 39 heavy (non-hydrogen) atoms. The number of benzene rings is 2. The molecule has 0 saturated heterocycles. The molecule has 0 radical (unpaired) electrons. The van der Waals surface area contributed by atoms with Crippen molar-refractivity contribution in [3.05, 3.63) is 107 Å². The molecule has 10 nitrogen and oxygen atoms in total. The van der Waals surface area contributed by atoms with Crippen LogP contribution in [0.3, 0.4) is 0 Å². The number of nitrogens with zero attached hydrogens (tertiary/aromatic N) is 3. The number of nitrogens with one attached hydrogen (secondary N) is 3. The first kappa shape index (κ1) is 25.4. The highest BCUT2D eigenvalue weighted by molar-refractivity contribution is 6.35. The van der Waals surface area contributed by atoms with Crippen LogP contribution in [-0.4, -0.2) is 26.8 Å². The molecule has 0 bridgehead atoms. The van der Waals surface area contributed by atoms with Gasteiger partial charge in [-0.2, -0.15) is 0 Å². The fourth-order valence-corrected chi connectivity index (χ4v) is 3.97. The number of furan rings is 1. The van der Waals surface area contributed by atoms with Crippen molar-refractivity contribution in [2.24, 2.45) is 0 Å². The number of pyridine rings is 1. The molecule has 0 saturated carbocycles. The Kier molecular flexibility index (Phi) is 7.46. The van der Waals surface area contributed by atoms with E-state index in [0.717, 1.165) is 22.1 Å². The number of amides is 2. The van der Waals surface area contributed by atoms with E-state index >= 15 is 0 Å². The highest BCUT2D eigenvalue weighted by atomic mass is 35.5. The zero-order chi connectivity index (χ0) is 27.2. The molecule has 5 N–H and O–H groups in total. The van der Waals surface area contributed by atoms with Gasteiger partial charge in [-0.15, -0.1) is 0 Å². The second kappa shape index (κ2) is 11.4. The minimum Gasteiger partial charge on any atom is -0.458 e. The topological polar surface area (TPSA) is 148 Å². The number of halogens is 1. The summed E-state index contributed by atoms with van der Waals surface area (Å²) in [7, 11) is 0. The van der Waals surface area contributed by atoms with Crippen LogP contribution >= 0.6 is 11.6 Å². The first-order valence-corrected chi connectivity index (χ1v) is 12.1. The summed E-state index contributed by atoms with van der Waals surface area (Å²) >= 11 is 6.51. The molecule has 11 heteroatoms. The van der Waals surface area contributed by atoms with Gasteiger partial charge in [-0.1, -0.05) is 23.7 Å². The molecule has 0 aliphatic rings. The number of hydrogen-bond donors (Lipinski definition) is 4. The van der Waals surface area contributed by atoms with Crippen molar-refractivity contribution >= 4 is 52.1 Å². The van der Waals surface area contributed by atoms with Gasteiger partial charge in [0.1, 0.15) is 11.6 Å². The maximum atomic E-state index is 12.4. The van der Waals surface area contributed by atoms with E-state index in [1.807, 2.05) is 24.3 Å². The van der Waals surface area contributed by atoms with Gasteiger partial charge in [0.2, 0.25) is 5.91 Å². The molecule has 0 atom stereocenters. The third kappa shape index (κ3) is 6.38. The van der Waals surface area contributed by atoms with E-state index in [9.17, 15) is 9.59 Å². The number of hydrazine groups is 1. The summed E-state index contributed by atoms with van der Waals surface area (Å²) in [5.74, 6) is 0.799. The zero-order valence-electron chi connectivity index (χ0n) is 20.4. The minimum atomic E-state index is -0.317. The lowest BCUT2D eigenvalue weighted by atomic mass is 10.0. The van der Waals surface area contributed by atoms with Gasteiger partial charge >= 0.3 is 0 Å². The number of anilines is 2. The fraction of sp³-hybridized carbons (Fsp3) is 0.0357. The Hall–Kier alpha value is -5.22. The molecule has 0 unspecified atom stereocenters. The van der Waals surface area contributed by atoms with Crippen molar-refractivity contribution in [1.82, 2.24) is 25.7 Å². The standard InChI is InChI=1S/C28H22ClN7O3/c29-23-13-20(18-3-5-19(6-4-18)28(38)36-35-25-16-31-9-10-32-25)11-21-12-22(39-27(21)23)15-34-26(37)8-2-17-1-7-24(30)33-14-17/h1-14,16H,15H2,(H2,30,33)(H,32,35)(H,34,37)(H,36,38)/b8-2+. The predicted octanol–water partition coefficient (Wildman–Crippen LogP) is 4.61. The number of fused-ring (bicyclic) bond motifs is 1. The van der Waals surface area contributed by atoms with Crippen LogP contribution in [0.5, 0.6) is 0 Å². The second-order valence-corrected chi connectivity index (χ2v) is 8.81. The maximum absolute atomic E-state index is 12.4. The van der Waals surface area contributed by atoms with Crippen molar-refractivity contribution in [2.75, 3.05) is 11.2 Å². The summed E-state index contributed by atoms with van der Waals surface area (Å²) in [6.45, 7) is 0.190. The SMILES string of the molecule is Nc1ccc(/C=C/C(=O)NCc2cc3cc(-c4ccc(C(=O)NNc5cnccn5)cc4)cc(Cl)c3o2)cn1. The van der Waals surface area contributed by atoms with E-state index in [4.69, 9.17) is 21.8 Å². The number of nitrogen functional groups attached to an aromatic ring is 1. The molecule has 0 aliphatic heterocycles. The molecule has 5 aromatic rings. The van der Waals surface area contributed by atoms with Gasteiger partial charge < -0.3 is 15.5 Å². The Labute approximate surface area is 227 Å². The molecule has 194 valence electrons. The van der Waals surface area contributed by atoms with Crippen LogP contribution < -0.4 is 21.9 Å². The zero-order valence-corrected chi connectivity index (χ0v) is 21.1. The summed E-state index contributed by atoms with van der Waals surface area (Å²) < 4.78 is 5.87. The first-order valence-electron chi connectivity index (χ1n) is 11.8. The number of hydrogen-bond acceptors (Lipinski definition) is 8. The lowest BCUT2D eigenvalue weighted by Gasteiger charge is -2.08. The lowest BCUT2D eigenvalue weighted by Crippen LogP contribution is -2.29. The average molecular weight is 540 g/mol. The summed E-state index contributed by atoms with van der Waals surface area (Å²) in [6.07, 6.45) is 9.20. The number of rotatable bonds is 8. The highest BCUT2D eigenvalue weighted by Gasteiger charge is 2.12. The van der Waals surface area contributed by atoms with Crippen molar-refractivity contribution < 1.29 is 14.0 Å². The Morgan fingerprint density at radius 2 is 1.82 bits per heavy atom. The third-order valence-electron chi connectivity index (χ3n) is 5.64. The Balaban J connectivity index is 1.23. The maximum Gasteiger partial charge on any atom is 0.269 e. The van der Waals surface area contributed by atoms with Crippen LogP contribution in [0.4, 0.5) is 11.6 Å². The number of carbonyl (C=O) groups is 2. The summed E-state index contributed by atoms with van der Waals surface area (Å²) in [4.78, 5) is 36.6. The molecule has 0 aliphatic carbocycles. The van der Waals surface area contributed by atoms with Gasteiger partial charge in [0.05, 0.1) is 17.8 Å². The van der Waals surface area contributed by atoms with E-state index in [-0.39, 0.29) is 18.4 Å². The van der Waals surface area contributed by atoms with Crippen LogP contribution in [0.25, 0.3) is 28.2 Å². The largest absolute Gasteiger partial charge is 0.458 e. The monoisotopic (exact) mass is 539 g/mol. The fourth-order valence-electron chi connectivity index (χ4n) is 3.71. The van der Waals surface area contributed by atoms with E-state index in [0.29, 0.717) is 33.6 Å². The first-order chi connectivity index (χ1) is 18.9. The lowest BCUT2D eigenvalue weighted by molar-refractivity contribution is -0.116. The molecular formula is C28H22ClN7O3. The van der Waals surface area contributed by atoms with E-state index in [1.54, 1.807) is 48.8 Å². The Morgan fingerprint density at radius 3 is 2.56 bits per heavy atom. The Bertz CT molecular complexity index is 1650. The van der Waals surface area contributed by atoms with Crippen LogP contribution in [0.1, 0.15) is 21.7 Å². The molecule has 2 aromatic carbocycles. The molecule has 0 spiro atoms. The average Bonchev–Trinajstić information content (AvgIpc) is 3.39. The van der Waals surface area contributed by atoms with E-state index < -0.39 is 0 Å². The quantitative estimate of drug-likeness (QED) is 0.165. The predicted molar refractivity (Wildman–Crippen MR) is 149 cm³/mol. The summed E-state index contributed by atoms with van der Waals surface area (Å²) in [6, 6.07) is 16.1. The van der Waals surface area contributed by atoms with Crippen LogP contribution in [-0.2, 0) is 11.3 Å². The van der Waals surface area contributed by atoms with Gasteiger partial charge in [0.15, 0.2) is 11.4 Å². The Morgan fingerprint density at radius 1 is 0.974 bits per heavy atom. The normalized spacial score (nSPS) is 11.0. The van der Waals surface area contributed by atoms with Gasteiger partial charge in [-0.05, 0) is 65.2 Å². The summed E-state index contributed by atoms with van der Waals surface area (Å²) in [5, 5.41) is 4.01. The van der Waals surface area contributed by atoms with E-state index in [1.165, 1.54) is 18.5 Å². The third-order valence-corrected chi connectivity index (χ3v) is 5.92. The molecule has 0 fully saturated rings. The second-order valence-electron chi connectivity index (χ2n) is 8.40. The summed E-state index contributed by atoms with van der Waals surface area (Å²) in [5.41, 5.74) is 14.3. The van der Waals surface area contributed by atoms with Crippen LogP contribution in [0.15, 0.2) is 89.9 Å². The number of nitrogens with two attached hydrogens (primary N) is 1. The van der Waals surface area contributed by atoms with Crippen molar-refractivity contribution in [3.63, 3.8) is 0 Å². The highest BCUT2D eigenvalue weighted by Crippen LogP contribution is 2.33. The van der Waals surface area contributed by atoms with Crippen molar-refractivity contribution in [1.29, 1.82) is 0 Å². The molecule has 3 heterocycles. The smallest absolute Gasteiger partial charge is 0.269 e. The number of carbonyl (C=O) groups excluding carboxylic acids is 2. The van der Waals surface area contributed by atoms with Gasteiger partial charge in [-0.25, -0.2) is 9.97 Å². The van der Waals surface area contributed by atoms with Gasteiger partial charge in [-0.3, -0.25) is 25.4 Å². The van der Waals surface area contributed by atoms with Crippen molar-refractivity contribution in [2.45, 2.75) is 6.54 Å². The van der Waals surface area contributed by atoms with Crippen LogP contribution in [0, 0.1) is 0 Å². The van der Waals surface area contributed by atoms with Crippen molar-refractivity contribution in [3.8, 4) is 11.1 Å². The van der Waals surface area contributed by atoms with E-state index in [2.05, 4.69) is 31.1 Å². The van der Waals surface area contributed by atoms with Crippen LogP contribution in [0.2, 0.25) is 5.02 Å². The van der Waals surface area contributed by atoms with Gasteiger partial charge in [0.25, 0.3) is 5.91 Å². The molecular weight excluding hydrogens is 518 g/mol.